The van der Waals surface area contributed by atoms with Crippen molar-refractivity contribution >= 4 is 27.4 Å². The van der Waals surface area contributed by atoms with E-state index >= 15 is 0 Å². The lowest BCUT2D eigenvalue weighted by Crippen LogP contribution is -2.30. The molecule has 10 heteroatoms. The van der Waals surface area contributed by atoms with Gasteiger partial charge in [0.2, 0.25) is 10.0 Å². The standard InChI is InChI=1S/C11H11N3O6S/c1-2-5-13(7-11(15)16)9-4-3-8(21(12,19)20)6-10(9)14(17)18/h1,3-4,6H,5,7H2,(H,15,16)(H2,12,19,20). The number of carbonyl (C=O) groups is 1. The summed E-state index contributed by atoms with van der Waals surface area (Å²) in [6.07, 6.45) is 5.10. The van der Waals surface area contributed by atoms with Crippen LogP contribution in [0.5, 0.6) is 0 Å². The molecule has 0 heterocycles. The number of sulfonamides is 1. The number of anilines is 1. The molecule has 0 spiro atoms. The number of carboxylic acid groups (broad SMARTS) is 1. The van der Waals surface area contributed by atoms with Crippen LogP contribution in [0.1, 0.15) is 0 Å². The normalized spacial score (nSPS) is 10.7. The van der Waals surface area contributed by atoms with Crippen LogP contribution < -0.4 is 10.0 Å². The first-order valence-electron chi connectivity index (χ1n) is 5.38. The zero-order valence-electron chi connectivity index (χ0n) is 10.6. The molecule has 1 aromatic rings. The van der Waals surface area contributed by atoms with Crippen LogP contribution in [0.15, 0.2) is 23.1 Å². The Balaban J connectivity index is 3.44. The van der Waals surface area contributed by atoms with Crippen LogP contribution in [0.25, 0.3) is 0 Å². The van der Waals surface area contributed by atoms with Crippen LogP contribution in [0.2, 0.25) is 0 Å². The molecule has 0 bridgehead atoms. The fraction of sp³-hybridized carbons (Fsp3) is 0.182. The first kappa shape index (κ1) is 16.4. The van der Waals surface area contributed by atoms with E-state index in [4.69, 9.17) is 16.7 Å². The average molecular weight is 313 g/mol. The van der Waals surface area contributed by atoms with Gasteiger partial charge in [0.15, 0.2) is 0 Å². The van der Waals surface area contributed by atoms with Crippen LogP contribution in [0, 0.1) is 22.5 Å². The zero-order chi connectivity index (χ0) is 16.2. The molecule has 9 nitrogen and oxygen atoms in total. The second kappa shape index (κ2) is 6.21. The third-order valence-electron chi connectivity index (χ3n) is 2.42. The number of hydrogen-bond acceptors (Lipinski definition) is 6. The number of primary sulfonamides is 1. The molecule has 0 amide bonds. The molecule has 0 saturated heterocycles. The highest BCUT2D eigenvalue weighted by atomic mass is 32.2. The van der Waals surface area contributed by atoms with Gasteiger partial charge in [-0.1, -0.05) is 5.92 Å². The van der Waals surface area contributed by atoms with Gasteiger partial charge in [-0.05, 0) is 12.1 Å². The molecule has 0 atom stereocenters. The van der Waals surface area contributed by atoms with Gasteiger partial charge in [0.1, 0.15) is 12.2 Å². The van der Waals surface area contributed by atoms with E-state index in [1.54, 1.807) is 0 Å². The quantitative estimate of drug-likeness (QED) is 0.419. The molecular weight excluding hydrogens is 302 g/mol. The molecule has 21 heavy (non-hydrogen) atoms. The van der Waals surface area contributed by atoms with Crippen molar-refractivity contribution in [3.8, 4) is 12.3 Å². The van der Waals surface area contributed by atoms with Crippen LogP contribution >= 0.6 is 0 Å². The molecule has 0 aliphatic heterocycles. The van der Waals surface area contributed by atoms with E-state index < -0.39 is 38.0 Å². The Kier molecular flexibility index (Phi) is 4.85. The number of aliphatic carboxylic acids is 1. The summed E-state index contributed by atoms with van der Waals surface area (Å²) >= 11 is 0. The van der Waals surface area contributed by atoms with E-state index in [1.807, 2.05) is 0 Å². The van der Waals surface area contributed by atoms with Gasteiger partial charge in [-0.2, -0.15) is 0 Å². The van der Waals surface area contributed by atoms with Gasteiger partial charge in [0.25, 0.3) is 5.69 Å². The minimum Gasteiger partial charge on any atom is -0.480 e. The van der Waals surface area contributed by atoms with E-state index in [2.05, 4.69) is 5.92 Å². The molecular formula is C11H11N3O6S. The monoisotopic (exact) mass is 313 g/mol. The topological polar surface area (TPSA) is 144 Å². The van der Waals surface area contributed by atoms with Crippen LogP contribution in [0.3, 0.4) is 0 Å². The van der Waals surface area contributed by atoms with Crippen molar-refractivity contribution in [2.24, 2.45) is 5.14 Å². The number of nitro groups is 1. The third kappa shape index (κ3) is 4.16. The highest BCUT2D eigenvalue weighted by Crippen LogP contribution is 2.30. The summed E-state index contributed by atoms with van der Waals surface area (Å²) in [6, 6.07) is 2.90. The number of hydrogen-bond donors (Lipinski definition) is 2. The van der Waals surface area contributed by atoms with Gasteiger partial charge in [0, 0.05) is 6.07 Å². The Morgan fingerprint density at radius 1 is 1.52 bits per heavy atom. The van der Waals surface area contributed by atoms with E-state index in [9.17, 15) is 23.3 Å². The molecule has 0 aromatic heterocycles. The molecule has 0 fully saturated rings. The van der Waals surface area contributed by atoms with Gasteiger partial charge in [-0.3, -0.25) is 14.9 Å². The van der Waals surface area contributed by atoms with Crippen molar-refractivity contribution in [1.29, 1.82) is 0 Å². The molecule has 1 rings (SSSR count). The van der Waals surface area contributed by atoms with E-state index in [0.717, 1.165) is 23.1 Å². The summed E-state index contributed by atoms with van der Waals surface area (Å²) in [4.78, 5) is 21.6. The van der Waals surface area contributed by atoms with Crippen molar-refractivity contribution in [3.63, 3.8) is 0 Å². The first-order valence-corrected chi connectivity index (χ1v) is 6.93. The van der Waals surface area contributed by atoms with E-state index in [1.165, 1.54) is 0 Å². The minimum absolute atomic E-state index is 0.104. The van der Waals surface area contributed by atoms with Crippen molar-refractivity contribution in [3.05, 3.63) is 28.3 Å². The summed E-state index contributed by atoms with van der Waals surface area (Å²) in [5.74, 6) is 0.939. The van der Waals surface area contributed by atoms with Crippen molar-refractivity contribution in [2.75, 3.05) is 18.0 Å². The molecule has 0 aliphatic carbocycles. The molecule has 0 saturated carbocycles. The number of nitrogens with zero attached hydrogens (tertiary/aromatic N) is 2. The maximum Gasteiger partial charge on any atom is 0.323 e. The average Bonchev–Trinajstić information content (AvgIpc) is 2.36. The van der Waals surface area contributed by atoms with Gasteiger partial charge in [-0.25, -0.2) is 13.6 Å². The first-order chi connectivity index (χ1) is 9.66. The second-order valence-electron chi connectivity index (χ2n) is 3.91. The Hall–Kier alpha value is -2.64. The van der Waals surface area contributed by atoms with Crippen molar-refractivity contribution in [1.82, 2.24) is 0 Å². The lowest BCUT2D eigenvalue weighted by Gasteiger charge is -2.20. The van der Waals surface area contributed by atoms with Gasteiger partial charge >= 0.3 is 5.97 Å². The summed E-state index contributed by atoms with van der Waals surface area (Å²) in [7, 11) is -4.12. The fourth-order valence-electron chi connectivity index (χ4n) is 1.59. The predicted molar refractivity (Wildman–Crippen MR) is 73.2 cm³/mol. The SMILES string of the molecule is C#CCN(CC(=O)O)c1ccc(S(N)(=O)=O)cc1[N+](=O)[O-]. The lowest BCUT2D eigenvalue weighted by atomic mass is 10.2. The third-order valence-corrected chi connectivity index (χ3v) is 3.33. The molecule has 0 aliphatic rings. The van der Waals surface area contributed by atoms with Crippen LogP contribution in [-0.2, 0) is 14.8 Å². The number of rotatable bonds is 6. The van der Waals surface area contributed by atoms with Gasteiger partial charge < -0.3 is 10.0 Å². The smallest absolute Gasteiger partial charge is 0.323 e. The zero-order valence-corrected chi connectivity index (χ0v) is 11.4. The van der Waals surface area contributed by atoms with Crippen LogP contribution in [-0.4, -0.2) is 37.5 Å². The maximum absolute atomic E-state index is 11.2. The molecule has 112 valence electrons. The number of carboxylic acids is 1. The number of nitrogens with two attached hydrogens (primary N) is 1. The maximum atomic E-state index is 11.2. The summed E-state index contributed by atoms with van der Waals surface area (Å²) in [6.45, 7) is -0.762. The lowest BCUT2D eigenvalue weighted by molar-refractivity contribution is -0.384. The Morgan fingerprint density at radius 3 is 2.57 bits per heavy atom. The fourth-order valence-corrected chi connectivity index (χ4v) is 2.13. The molecule has 3 N–H and O–H groups in total. The Bertz CT molecular complexity index is 722. The molecule has 0 unspecified atom stereocenters. The second-order valence-corrected chi connectivity index (χ2v) is 5.47. The van der Waals surface area contributed by atoms with E-state index in [0.29, 0.717) is 0 Å². The van der Waals surface area contributed by atoms with Gasteiger partial charge in [0.05, 0.1) is 16.4 Å². The highest BCUT2D eigenvalue weighted by Gasteiger charge is 2.23. The minimum atomic E-state index is -4.12. The van der Waals surface area contributed by atoms with Crippen molar-refractivity contribution in [2.45, 2.75) is 4.90 Å². The van der Waals surface area contributed by atoms with Gasteiger partial charge in [-0.15, -0.1) is 6.42 Å². The summed E-state index contributed by atoms with van der Waals surface area (Å²) in [5.41, 5.74) is -0.703. The molecule has 0 radical (unpaired) electrons. The highest BCUT2D eigenvalue weighted by molar-refractivity contribution is 7.89. The molecule has 1 aromatic carbocycles. The summed E-state index contributed by atoms with van der Waals surface area (Å²) in [5, 5.41) is 24.7. The van der Waals surface area contributed by atoms with Crippen LogP contribution in [0.4, 0.5) is 11.4 Å². The predicted octanol–water partition coefficient (Wildman–Crippen LogP) is -0.234. The number of benzene rings is 1. The summed E-state index contributed by atoms with van der Waals surface area (Å²) < 4.78 is 22.4. The van der Waals surface area contributed by atoms with Crippen molar-refractivity contribution < 1.29 is 23.2 Å². The largest absolute Gasteiger partial charge is 0.480 e. The Labute approximate surface area is 120 Å². The number of terminal acetylenes is 1. The number of nitro benzene ring substituents is 1. The Morgan fingerprint density at radius 2 is 2.14 bits per heavy atom. The van der Waals surface area contributed by atoms with E-state index in [-0.39, 0.29) is 12.2 Å².